The Labute approximate surface area is 185 Å². The average molecular weight is 467 g/mol. The summed E-state index contributed by atoms with van der Waals surface area (Å²) in [7, 11) is 2.64. The van der Waals surface area contributed by atoms with Gasteiger partial charge < -0.3 is 24.6 Å². The minimum absolute atomic E-state index is 0.00867. The predicted octanol–water partition coefficient (Wildman–Crippen LogP) is 3.03. The van der Waals surface area contributed by atoms with Crippen LogP contribution in [0, 0.1) is 0 Å². The zero-order valence-corrected chi connectivity index (χ0v) is 17.8. The fraction of sp³-hybridized carbons (Fsp3) is 0.318. The molecule has 33 heavy (non-hydrogen) atoms. The highest BCUT2D eigenvalue weighted by molar-refractivity contribution is 5.86. The van der Waals surface area contributed by atoms with E-state index in [1.807, 2.05) is 5.32 Å². The second-order valence-corrected chi connectivity index (χ2v) is 7.23. The summed E-state index contributed by atoms with van der Waals surface area (Å²) >= 11 is 0. The van der Waals surface area contributed by atoms with Crippen LogP contribution in [0.2, 0.25) is 0 Å². The lowest BCUT2D eigenvalue weighted by atomic mass is 9.95. The lowest BCUT2D eigenvalue weighted by molar-refractivity contribution is -0.174. The molecular weight excluding hydrogens is 447 g/mol. The Morgan fingerprint density at radius 3 is 2.39 bits per heavy atom. The third kappa shape index (κ3) is 4.71. The molecule has 0 saturated heterocycles. The van der Waals surface area contributed by atoms with Gasteiger partial charge in [-0.05, 0) is 47.7 Å². The zero-order valence-electron chi connectivity index (χ0n) is 17.8. The van der Waals surface area contributed by atoms with Crippen LogP contribution in [0.25, 0.3) is 11.1 Å². The molecule has 0 heterocycles. The minimum atomic E-state index is -5.14. The Kier molecular flexibility index (Phi) is 6.52. The maximum absolute atomic E-state index is 13.0. The summed E-state index contributed by atoms with van der Waals surface area (Å²) in [5.41, 5.74) is 0.263. The number of fused-ring (bicyclic) bond motifs is 3. The number of carbonyl (C=O) groups is 2. The number of aryl methyl sites for hydroxylation is 1. The second kappa shape index (κ2) is 9.00. The first-order chi connectivity index (χ1) is 15.5. The summed E-state index contributed by atoms with van der Waals surface area (Å²) in [6.45, 7) is 1.17. The Morgan fingerprint density at radius 1 is 1.12 bits per heavy atom. The van der Waals surface area contributed by atoms with Gasteiger partial charge in [0.25, 0.3) is 0 Å². The first kappa shape index (κ1) is 23.9. The SMILES string of the molecule is COc1cc2c(c(OC)c1OC(C)=O)-c1ccc(O)c(=O)cc1C(NC(=O)C(F)(F)F)CC2. The maximum Gasteiger partial charge on any atom is 0.471 e. The fourth-order valence-corrected chi connectivity index (χ4v) is 3.74. The lowest BCUT2D eigenvalue weighted by Crippen LogP contribution is -2.39. The molecule has 2 aromatic carbocycles. The van der Waals surface area contributed by atoms with Crippen molar-refractivity contribution in [3.8, 4) is 34.1 Å². The molecule has 0 spiro atoms. The van der Waals surface area contributed by atoms with E-state index in [4.69, 9.17) is 14.2 Å². The number of ether oxygens (including phenoxy) is 3. The fourth-order valence-electron chi connectivity index (χ4n) is 3.74. The summed E-state index contributed by atoms with van der Waals surface area (Å²) in [5, 5.41) is 11.9. The third-order valence-electron chi connectivity index (χ3n) is 5.12. The molecule has 1 unspecified atom stereocenters. The molecule has 2 aromatic rings. The Hall–Kier alpha value is -3.76. The van der Waals surface area contributed by atoms with Crippen LogP contribution in [0.4, 0.5) is 13.2 Å². The highest BCUT2D eigenvalue weighted by atomic mass is 19.4. The number of amides is 1. The van der Waals surface area contributed by atoms with E-state index < -0.39 is 35.3 Å². The van der Waals surface area contributed by atoms with Crippen molar-refractivity contribution in [1.82, 2.24) is 5.32 Å². The number of halogens is 3. The highest BCUT2D eigenvalue weighted by Crippen LogP contribution is 2.50. The zero-order chi connectivity index (χ0) is 24.5. The Balaban J connectivity index is 2.35. The molecule has 0 aromatic heterocycles. The van der Waals surface area contributed by atoms with Crippen LogP contribution in [0.3, 0.4) is 0 Å². The molecule has 11 heteroatoms. The van der Waals surface area contributed by atoms with E-state index in [0.29, 0.717) is 11.1 Å². The first-order valence-electron chi connectivity index (χ1n) is 9.69. The van der Waals surface area contributed by atoms with Gasteiger partial charge in [0, 0.05) is 12.5 Å². The molecule has 1 aliphatic rings. The van der Waals surface area contributed by atoms with Gasteiger partial charge in [0.05, 0.1) is 20.3 Å². The molecule has 176 valence electrons. The number of aromatic hydroxyl groups is 1. The normalized spacial score (nSPS) is 14.9. The van der Waals surface area contributed by atoms with Crippen LogP contribution in [0.1, 0.15) is 30.5 Å². The number of alkyl halides is 3. The van der Waals surface area contributed by atoms with E-state index in [-0.39, 0.29) is 41.2 Å². The topological polar surface area (TPSA) is 111 Å². The number of nitrogens with one attached hydrogen (secondary N) is 1. The van der Waals surface area contributed by atoms with E-state index in [2.05, 4.69) is 0 Å². The van der Waals surface area contributed by atoms with Crippen LogP contribution in [0.5, 0.6) is 23.0 Å². The molecule has 0 bridgehead atoms. The van der Waals surface area contributed by atoms with Gasteiger partial charge >= 0.3 is 18.1 Å². The number of esters is 1. The molecule has 1 aliphatic carbocycles. The molecule has 0 aliphatic heterocycles. The Morgan fingerprint density at radius 2 is 1.82 bits per heavy atom. The van der Waals surface area contributed by atoms with Crippen molar-refractivity contribution in [2.24, 2.45) is 0 Å². The molecular formula is C22H20F3NO7. The molecule has 1 atom stereocenters. The second-order valence-electron chi connectivity index (χ2n) is 7.23. The molecule has 0 fully saturated rings. The van der Waals surface area contributed by atoms with Crippen LogP contribution in [0.15, 0.2) is 29.1 Å². The van der Waals surface area contributed by atoms with E-state index in [0.717, 1.165) is 12.1 Å². The largest absolute Gasteiger partial charge is 0.504 e. The average Bonchev–Trinajstić information content (AvgIpc) is 2.96. The number of carbonyl (C=O) groups excluding carboxylic acids is 2. The maximum atomic E-state index is 13.0. The van der Waals surface area contributed by atoms with Crippen molar-refractivity contribution in [2.75, 3.05) is 14.2 Å². The summed E-state index contributed by atoms with van der Waals surface area (Å²) in [6, 6.07) is 3.72. The number of methoxy groups -OCH3 is 2. The van der Waals surface area contributed by atoms with E-state index >= 15 is 0 Å². The van der Waals surface area contributed by atoms with Crippen LogP contribution >= 0.6 is 0 Å². The molecule has 0 radical (unpaired) electrons. The highest BCUT2D eigenvalue weighted by Gasteiger charge is 2.41. The Bertz CT molecular complexity index is 1180. The van der Waals surface area contributed by atoms with Crippen molar-refractivity contribution in [2.45, 2.75) is 32.0 Å². The minimum Gasteiger partial charge on any atom is -0.504 e. The van der Waals surface area contributed by atoms with Gasteiger partial charge in [-0.25, -0.2) is 0 Å². The molecule has 0 saturated carbocycles. The summed E-state index contributed by atoms with van der Waals surface area (Å²) in [6.07, 6.45) is -4.99. The van der Waals surface area contributed by atoms with Gasteiger partial charge in [0.1, 0.15) is 0 Å². The summed E-state index contributed by atoms with van der Waals surface area (Å²) in [4.78, 5) is 35.7. The smallest absolute Gasteiger partial charge is 0.471 e. The standard InChI is InChI=1S/C22H20F3NO7/c1-10(27)33-19-17(31-2)8-11-4-6-14(26-21(30)22(23,24)25)13-9-16(29)15(28)7-5-12(13)18(11)20(19)32-3/h5,7-9,14H,4,6H2,1-3H3,(H,26,30)(H,28,29). The first-order valence-corrected chi connectivity index (χ1v) is 9.69. The van der Waals surface area contributed by atoms with Crippen LogP contribution in [-0.2, 0) is 16.0 Å². The van der Waals surface area contributed by atoms with Gasteiger partial charge in [0.2, 0.25) is 11.2 Å². The van der Waals surface area contributed by atoms with E-state index in [1.165, 1.54) is 27.2 Å². The van der Waals surface area contributed by atoms with Gasteiger partial charge in [0.15, 0.2) is 17.2 Å². The summed E-state index contributed by atoms with van der Waals surface area (Å²) in [5.74, 6) is -3.35. The molecule has 8 nitrogen and oxygen atoms in total. The van der Waals surface area contributed by atoms with Crippen LogP contribution in [-0.4, -0.2) is 37.4 Å². The number of hydrogen-bond donors (Lipinski definition) is 2. The third-order valence-corrected chi connectivity index (χ3v) is 5.12. The van der Waals surface area contributed by atoms with Gasteiger partial charge in [-0.1, -0.05) is 6.07 Å². The van der Waals surface area contributed by atoms with Crippen molar-refractivity contribution in [3.05, 3.63) is 45.6 Å². The number of benzene rings is 1. The van der Waals surface area contributed by atoms with Crippen LogP contribution < -0.4 is 25.0 Å². The predicted molar refractivity (Wildman–Crippen MR) is 109 cm³/mol. The van der Waals surface area contributed by atoms with E-state index in [9.17, 15) is 32.7 Å². The van der Waals surface area contributed by atoms with Crippen molar-refractivity contribution < 1.29 is 42.1 Å². The number of rotatable bonds is 4. The van der Waals surface area contributed by atoms with Crippen molar-refractivity contribution >= 4 is 11.9 Å². The van der Waals surface area contributed by atoms with Crippen molar-refractivity contribution in [3.63, 3.8) is 0 Å². The lowest BCUT2D eigenvalue weighted by Gasteiger charge is -2.20. The van der Waals surface area contributed by atoms with Gasteiger partial charge in [-0.3, -0.25) is 14.4 Å². The molecule has 3 rings (SSSR count). The molecule has 2 N–H and O–H groups in total. The monoisotopic (exact) mass is 467 g/mol. The van der Waals surface area contributed by atoms with Gasteiger partial charge in [-0.15, -0.1) is 0 Å². The molecule has 1 amide bonds. The quantitative estimate of drug-likeness (QED) is 0.525. The van der Waals surface area contributed by atoms with Gasteiger partial charge in [-0.2, -0.15) is 13.2 Å². The van der Waals surface area contributed by atoms with Crippen molar-refractivity contribution in [1.29, 1.82) is 0 Å². The number of hydrogen-bond acceptors (Lipinski definition) is 7. The summed E-state index contributed by atoms with van der Waals surface area (Å²) < 4.78 is 54.9. The van der Waals surface area contributed by atoms with E-state index in [1.54, 1.807) is 6.07 Å².